The number of anilines is 1. The van der Waals surface area contributed by atoms with E-state index in [1.54, 1.807) is 6.92 Å². The fraction of sp³-hybridized carbons (Fsp3) is 0.545. The highest BCUT2D eigenvalue weighted by atomic mass is 79.9. The van der Waals surface area contributed by atoms with E-state index < -0.39 is 0 Å². The molecule has 1 aromatic rings. The molecular formula is C11H12BrFN2O. The van der Waals surface area contributed by atoms with Crippen LogP contribution >= 0.6 is 15.9 Å². The fourth-order valence-corrected chi connectivity index (χ4v) is 2.79. The SMILES string of the molecule is Cc1c(F)cnc(N2CC3(COC3)C2)c1Br. The number of pyridine rings is 1. The Labute approximate surface area is 102 Å². The van der Waals surface area contributed by atoms with Gasteiger partial charge in [-0.05, 0) is 22.9 Å². The monoisotopic (exact) mass is 286 g/mol. The van der Waals surface area contributed by atoms with E-state index in [4.69, 9.17) is 4.74 Å². The highest BCUT2D eigenvalue weighted by Gasteiger charge is 2.49. The van der Waals surface area contributed by atoms with Crippen molar-refractivity contribution in [3.63, 3.8) is 0 Å². The smallest absolute Gasteiger partial charge is 0.145 e. The van der Waals surface area contributed by atoms with E-state index in [1.807, 2.05) is 0 Å². The molecule has 1 spiro atoms. The van der Waals surface area contributed by atoms with Gasteiger partial charge in [0.1, 0.15) is 11.6 Å². The Balaban J connectivity index is 1.83. The maximum Gasteiger partial charge on any atom is 0.145 e. The van der Waals surface area contributed by atoms with Crippen molar-refractivity contribution in [3.05, 3.63) is 22.1 Å². The summed E-state index contributed by atoms with van der Waals surface area (Å²) in [5.74, 6) is 0.578. The number of halogens is 2. The lowest BCUT2D eigenvalue weighted by atomic mass is 9.78. The lowest BCUT2D eigenvalue weighted by Gasteiger charge is -2.55. The lowest BCUT2D eigenvalue weighted by molar-refractivity contribution is -0.127. The van der Waals surface area contributed by atoms with Crippen LogP contribution in [0.4, 0.5) is 10.2 Å². The molecule has 0 saturated carbocycles. The normalized spacial score (nSPS) is 21.8. The van der Waals surface area contributed by atoms with Crippen LogP contribution < -0.4 is 4.90 Å². The van der Waals surface area contributed by atoms with Crippen LogP contribution in [0.3, 0.4) is 0 Å². The van der Waals surface area contributed by atoms with Crippen LogP contribution in [0.5, 0.6) is 0 Å². The second kappa shape index (κ2) is 3.40. The third-order valence-electron chi connectivity index (χ3n) is 3.35. The van der Waals surface area contributed by atoms with Crippen LogP contribution in [0.1, 0.15) is 5.56 Å². The van der Waals surface area contributed by atoms with Crippen LogP contribution in [0, 0.1) is 18.2 Å². The molecule has 0 aliphatic carbocycles. The molecule has 5 heteroatoms. The average molecular weight is 287 g/mol. The van der Waals surface area contributed by atoms with Gasteiger partial charge in [-0.1, -0.05) is 0 Å². The highest BCUT2D eigenvalue weighted by molar-refractivity contribution is 9.10. The first-order chi connectivity index (χ1) is 7.61. The van der Waals surface area contributed by atoms with Gasteiger partial charge in [0.2, 0.25) is 0 Å². The van der Waals surface area contributed by atoms with Gasteiger partial charge in [0.15, 0.2) is 0 Å². The van der Waals surface area contributed by atoms with Crippen molar-refractivity contribution in [2.75, 3.05) is 31.2 Å². The van der Waals surface area contributed by atoms with E-state index in [-0.39, 0.29) is 5.82 Å². The Kier molecular flexibility index (Phi) is 2.23. The average Bonchev–Trinajstić information content (AvgIpc) is 2.13. The first-order valence-corrected chi connectivity index (χ1v) is 6.04. The van der Waals surface area contributed by atoms with Crippen LogP contribution in [-0.2, 0) is 4.74 Å². The molecule has 0 N–H and O–H groups in total. The Morgan fingerprint density at radius 1 is 1.50 bits per heavy atom. The van der Waals surface area contributed by atoms with E-state index in [0.717, 1.165) is 36.6 Å². The molecule has 2 saturated heterocycles. The number of hydrogen-bond donors (Lipinski definition) is 0. The summed E-state index contributed by atoms with van der Waals surface area (Å²) in [6.07, 6.45) is 1.29. The molecule has 0 radical (unpaired) electrons. The summed E-state index contributed by atoms with van der Waals surface area (Å²) < 4.78 is 19.2. The maximum atomic E-state index is 13.2. The Bertz CT molecular complexity index is 440. The lowest BCUT2D eigenvalue weighted by Crippen LogP contribution is -2.66. The molecule has 86 valence electrons. The van der Waals surface area contributed by atoms with E-state index >= 15 is 0 Å². The van der Waals surface area contributed by atoms with Crippen molar-refractivity contribution in [2.45, 2.75) is 6.92 Å². The standard InChI is InChI=1S/C11H12BrFN2O/c1-7-8(13)2-14-10(9(7)12)15-3-11(4-15)5-16-6-11/h2H,3-6H2,1H3. The van der Waals surface area contributed by atoms with Gasteiger partial charge >= 0.3 is 0 Å². The summed E-state index contributed by atoms with van der Waals surface area (Å²) in [6.45, 7) is 5.38. The van der Waals surface area contributed by atoms with Crippen molar-refractivity contribution in [1.29, 1.82) is 0 Å². The second-order valence-electron chi connectivity index (χ2n) is 4.72. The molecule has 16 heavy (non-hydrogen) atoms. The number of rotatable bonds is 1. The van der Waals surface area contributed by atoms with Gasteiger partial charge in [-0.25, -0.2) is 9.37 Å². The van der Waals surface area contributed by atoms with E-state index in [2.05, 4.69) is 25.8 Å². The predicted molar refractivity (Wildman–Crippen MR) is 62.1 cm³/mol. The van der Waals surface area contributed by atoms with Gasteiger partial charge in [0, 0.05) is 18.7 Å². The molecule has 1 aromatic heterocycles. The van der Waals surface area contributed by atoms with Gasteiger partial charge < -0.3 is 9.64 Å². The third-order valence-corrected chi connectivity index (χ3v) is 4.30. The number of hydrogen-bond acceptors (Lipinski definition) is 3. The van der Waals surface area contributed by atoms with Gasteiger partial charge in [0.25, 0.3) is 0 Å². The molecule has 2 aliphatic heterocycles. The van der Waals surface area contributed by atoms with Gasteiger partial charge in [-0.3, -0.25) is 0 Å². The van der Waals surface area contributed by atoms with Crippen molar-refractivity contribution in [2.24, 2.45) is 5.41 Å². The van der Waals surface area contributed by atoms with Crippen LogP contribution in [0.15, 0.2) is 10.7 Å². The summed E-state index contributed by atoms with van der Waals surface area (Å²) in [7, 11) is 0. The Hall–Kier alpha value is -0.680. The largest absolute Gasteiger partial charge is 0.380 e. The Morgan fingerprint density at radius 2 is 2.19 bits per heavy atom. The van der Waals surface area contributed by atoms with Gasteiger partial charge in [-0.15, -0.1) is 0 Å². The molecule has 0 atom stereocenters. The van der Waals surface area contributed by atoms with Crippen molar-refractivity contribution >= 4 is 21.7 Å². The van der Waals surface area contributed by atoms with Gasteiger partial charge in [0.05, 0.1) is 29.3 Å². The molecule has 3 rings (SSSR count). The molecule has 3 nitrogen and oxygen atoms in total. The number of ether oxygens (including phenoxy) is 1. The molecular weight excluding hydrogens is 275 g/mol. The first kappa shape index (κ1) is 10.5. The predicted octanol–water partition coefficient (Wildman–Crippen LogP) is 2.13. The first-order valence-electron chi connectivity index (χ1n) is 5.25. The number of aromatic nitrogens is 1. The molecule has 2 fully saturated rings. The minimum absolute atomic E-state index is 0.266. The van der Waals surface area contributed by atoms with E-state index in [0.29, 0.717) is 11.0 Å². The second-order valence-corrected chi connectivity index (χ2v) is 5.51. The zero-order chi connectivity index (χ0) is 11.3. The zero-order valence-electron chi connectivity index (χ0n) is 8.96. The summed E-state index contributed by atoms with van der Waals surface area (Å²) in [5, 5.41) is 0. The zero-order valence-corrected chi connectivity index (χ0v) is 10.6. The molecule has 3 heterocycles. The van der Waals surface area contributed by atoms with Crippen LogP contribution in [0.25, 0.3) is 0 Å². The minimum Gasteiger partial charge on any atom is -0.380 e. The van der Waals surface area contributed by atoms with Gasteiger partial charge in [-0.2, -0.15) is 0 Å². The van der Waals surface area contributed by atoms with Crippen molar-refractivity contribution < 1.29 is 9.13 Å². The van der Waals surface area contributed by atoms with Crippen molar-refractivity contribution in [3.8, 4) is 0 Å². The maximum absolute atomic E-state index is 13.2. The van der Waals surface area contributed by atoms with E-state index in [1.165, 1.54) is 6.20 Å². The fourth-order valence-electron chi connectivity index (χ4n) is 2.25. The minimum atomic E-state index is -0.266. The van der Waals surface area contributed by atoms with E-state index in [9.17, 15) is 4.39 Å². The van der Waals surface area contributed by atoms with Crippen LogP contribution in [0.2, 0.25) is 0 Å². The molecule has 2 aliphatic rings. The number of nitrogens with zero attached hydrogens (tertiary/aromatic N) is 2. The van der Waals surface area contributed by atoms with Crippen molar-refractivity contribution in [1.82, 2.24) is 4.98 Å². The topological polar surface area (TPSA) is 25.4 Å². The summed E-state index contributed by atoms with van der Waals surface area (Å²) in [4.78, 5) is 6.31. The van der Waals surface area contributed by atoms with Crippen LogP contribution in [-0.4, -0.2) is 31.3 Å². The summed E-state index contributed by atoms with van der Waals surface area (Å²) >= 11 is 3.41. The molecule has 0 aromatic carbocycles. The summed E-state index contributed by atoms with van der Waals surface area (Å²) in [6, 6.07) is 0. The highest BCUT2D eigenvalue weighted by Crippen LogP contribution is 2.42. The Morgan fingerprint density at radius 3 is 2.75 bits per heavy atom. The quantitative estimate of drug-likeness (QED) is 0.791. The third kappa shape index (κ3) is 1.38. The molecule has 0 bridgehead atoms. The summed E-state index contributed by atoms with van der Waals surface area (Å²) in [5.41, 5.74) is 0.972. The molecule has 0 unspecified atom stereocenters. The molecule has 0 amide bonds.